The Labute approximate surface area is 156 Å². The second-order valence-electron chi connectivity index (χ2n) is 6.58. The minimum absolute atomic E-state index is 0.123. The lowest BCUT2D eigenvalue weighted by Crippen LogP contribution is -2.25. The number of ether oxygens (including phenoxy) is 1. The highest BCUT2D eigenvalue weighted by Crippen LogP contribution is 2.33. The highest BCUT2D eigenvalue weighted by molar-refractivity contribution is 6.31. The zero-order valence-electron chi connectivity index (χ0n) is 14.5. The van der Waals surface area contributed by atoms with E-state index in [2.05, 4.69) is 27.0 Å². The van der Waals surface area contributed by atoms with Crippen LogP contribution in [0.5, 0.6) is 5.75 Å². The van der Waals surface area contributed by atoms with Crippen LogP contribution in [0.15, 0.2) is 47.3 Å². The van der Waals surface area contributed by atoms with Crippen LogP contribution in [0.1, 0.15) is 30.3 Å². The van der Waals surface area contributed by atoms with Gasteiger partial charge in [0, 0.05) is 11.1 Å². The van der Waals surface area contributed by atoms with Gasteiger partial charge in [-0.3, -0.25) is 9.69 Å². The van der Waals surface area contributed by atoms with Crippen molar-refractivity contribution in [2.45, 2.75) is 25.4 Å². The van der Waals surface area contributed by atoms with Gasteiger partial charge in [0.25, 0.3) is 5.56 Å². The fourth-order valence-corrected chi connectivity index (χ4v) is 3.81. The molecule has 2 heterocycles. The third kappa shape index (κ3) is 3.32. The molecule has 1 saturated heterocycles. The summed E-state index contributed by atoms with van der Waals surface area (Å²) in [5, 5.41) is 1.14. The van der Waals surface area contributed by atoms with Crippen molar-refractivity contribution in [2.24, 2.45) is 0 Å². The normalized spacial score (nSPS) is 17.7. The largest absolute Gasteiger partial charge is 0.497 e. The average molecular weight is 370 g/mol. The Hall–Kier alpha value is -2.37. The molecule has 3 aromatic rings. The first kappa shape index (κ1) is 17.1. The van der Waals surface area contributed by atoms with Gasteiger partial charge in [-0.25, -0.2) is 4.98 Å². The van der Waals surface area contributed by atoms with E-state index in [1.54, 1.807) is 25.3 Å². The number of H-pyrrole nitrogens is 1. The molecule has 1 aromatic heterocycles. The van der Waals surface area contributed by atoms with E-state index in [4.69, 9.17) is 16.3 Å². The lowest BCUT2D eigenvalue weighted by Gasteiger charge is -2.24. The molecule has 0 aliphatic carbocycles. The monoisotopic (exact) mass is 369 g/mol. The maximum absolute atomic E-state index is 12.3. The molecule has 0 bridgehead atoms. The number of methoxy groups -OCH3 is 1. The summed E-state index contributed by atoms with van der Waals surface area (Å²) in [6.45, 7) is 1.59. The number of hydrogen-bond acceptors (Lipinski definition) is 4. The van der Waals surface area contributed by atoms with Gasteiger partial charge in [0.2, 0.25) is 0 Å². The molecule has 5 nitrogen and oxygen atoms in total. The molecule has 2 aromatic carbocycles. The Kier molecular flexibility index (Phi) is 4.66. The number of rotatable bonds is 4. The zero-order chi connectivity index (χ0) is 18.1. The fourth-order valence-electron chi connectivity index (χ4n) is 3.65. The second-order valence-corrected chi connectivity index (χ2v) is 7.01. The Bertz CT molecular complexity index is 985. The summed E-state index contributed by atoms with van der Waals surface area (Å²) in [7, 11) is 1.67. The van der Waals surface area contributed by atoms with E-state index in [0.29, 0.717) is 34.3 Å². The maximum atomic E-state index is 12.3. The van der Waals surface area contributed by atoms with Crippen LogP contribution >= 0.6 is 11.6 Å². The van der Waals surface area contributed by atoms with Crippen molar-refractivity contribution in [3.8, 4) is 5.75 Å². The summed E-state index contributed by atoms with van der Waals surface area (Å²) in [6.07, 6.45) is 2.22. The van der Waals surface area contributed by atoms with Crippen molar-refractivity contribution < 1.29 is 4.74 Å². The molecule has 0 spiro atoms. The molecule has 1 aliphatic heterocycles. The smallest absolute Gasteiger partial charge is 0.258 e. The van der Waals surface area contributed by atoms with Crippen molar-refractivity contribution >= 4 is 22.5 Å². The molecule has 134 valence electrons. The van der Waals surface area contributed by atoms with Crippen molar-refractivity contribution in [2.75, 3.05) is 13.7 Å². The number of halogens is 1. The maximum Gasteiger partial charge on any atom is 0.258 e. The topological polar surface area (TPSA) is 58.2 Å². The number of aromatic amines is 1. The second kappa shape index (κ2) is 7.09. The van der Waals surface area contributed by atoms with Crippen LogP contribution in [-0.4, -0.2) is 28.5 Å². The van der Waals surface area contributed by atoms with E-state index in [0.717, 1.165) is 25.1 Å². The minimum Gasteiger partial charge on any atom is -0.497 e. The fraction of sp³-hybridized carbons (Fsp3) is 0.300. The molecule has 1 N–H and O–H groups in total. The molecule has 1 fully saturated rings. The summed E-state index contributed by atoms with van der Waals surface area (Å²) >= 11 is 6.05. The number of nitrogens with one attached hydrogen (secondary N) is 1. The van der Waals surface area contributed by atoms with Crippen LogP contribution in [0, 0.1) is 0 Å². The van der Waals surface area contributed by atoms with Crippen LogP contribution in [0.25, 0.3) is 10.9 Å². The molecule has 6 heteroatoms. The molecular formula is C20H20ClN3O2. The van der Waals surface area contributed by atoms with E-state index in [1.165, 1.54) is 5.56 Å². The molecule has 0 radical (unpaired) electrons. The Morgan fingerprint density at radius 2 is 2.08 bits per heavy atom. The zero-order valence-corrected chi connectivity index (χ0v) is 15.3. The van der Waals surface area contributed by atoms with E-state index in [-0.39, 0.29) is 5.56 Å². The van der Waals surface area contributed by atoms with Crippen LogP contribution < -0.4 is 10.3 Å². The lowest BCUT2D eigenvalue weighted by atomic mass is 10.0. The van der Waals surface area contributed by atoms with E-state index < -0.39 is 0 Å². The van der Waals surface area contributed by atoms with Crippen molar-refractivity contribution in [3.05, 3.63) is 69.2 Å². The summed E-state index contributed by atoms with van der Waals surface area (Å²) in [6, 6.07) is 13.7. The Balaban J connectivity index is 1.61. The highest BCUT2D eigenvalue weighted by Gasteiger charge is 2.26. The van der Waals surface area contributed by atoms with Crippen LogP contribution in [0.3, 0.4) is 0 Å². The van der Waals surface area contributed by atoms with Crippen LogP contribution in [0.2, 0.25) is 5.02 Å². The number of aromatic nitrogens is 2. The quantitative estimate of drug-likeness (QED) is 0.757. The number of nitrogens with zero attached hydrogens (tertiary/aromatic N) is 2. The van der Waals surface area contributed by atoms with Gasteiger partial charge < -0.3 is 9.72 Å². The van der Waals surface area contributed by atoms with Gasteiger partial charge in [0.15, 0.2) is 0 Å². The van der Waals surface area contributed by atoms with Crippen molar-refractivity contribution in [1.29, 1.82) is 0 Å². The summed E-state index contributed by atoms with van der Waals surface area (Å²) in [5.41, 5.74) is 1.77. The number of likely N-dealkylation sites (tertiary alicyclic amines) is 1. The molecule has 1 aliphatic rings. The van der Waals surface area contributed by atoms with Crippen molar-refractivity contribution in [1.82, 2.24) is 14.9 Å². The molecule has 4 rings (SSSR count). The van der Waals surface area contributed by atoms with E-state index in [1.807, 2.05) is 12.1 Å². The first-order valence-corrected chi connectivity index (χ1v) is 9.08. The average Bonchev–Trinajstić information content (AvgIpc) is 3.09. The summed E-state index contributed by atoms with van der Waals surface area (Å²) in [5.74, 6) is 1.53. The predicted octanol–water partition coefficient (Wildman–Crippen LogP) is 3.92. The Morgan fingerprint density at radius 1 is 1.27 bits per heavy atom. The summed E-state index contributed by atoms with van der Waals surface area (Å²) in [4.78, 5) is 22.2. The van der Waals surface area contributed by atoms with Gasteiger partial charge >= 0.3 is 0 Å². The van der Waals surface area contributed by atoms with Gasteiger partial charge in [-0.2, -0.15) is 0 Å². The van der Waals surface area contributed by atoms with Crippen LogP contribution in [0.4, 0.5) is 0 Å². The van der Waals surface area contributed by atoms with Gasteiger partial charge in [0.05, 0.1) is 24.6 Å². The van der Waals surface area contributed by atoms with Crippen LogP contribution in [-0.2, 0) is 6.54 Å². The SMILES string of the molecule is COc1ccc([C@@H]2CCCN2Cc2nc3cc(Cl)ccc3c(=O)[nH]2)cc1. The summed E-state index contributed by atoms with van der Waals surface area (Å²) < 4.78 is 5.24. The first-order valence-electron chi connectivity index (χ1n) is 8.70. The van der Waals surface area contributed by atoms with E-state index >= 15 is 0 Å². The highest BCUT2D eigenvalue weighted by atomic mass is 35.5. The van der Waals surface area contributed by atoms with Gasteiger partial charge in [-0.05, 0) is 55.3 Å². The van der Waals surface area contributed by atoms with Crippen molar-refractivity contribution in [3.63, 3.8) is 0 Å². The third-order valence-corrected chi connectivity index (χ3v) is 5.17. The molecule has 0 saturated carbocycles. The predicted molar refractivity (Wildman–Crippen MR) is 103 cm³/mol. The Morgan fingerprint density at radius 3 is 2.85 bits per heavy atom. The molecular weight excluding hydrogens is 350 g/mol. The van der Waals surface area contributed by atoms with Gasteiger partial charge in [0.1, 0.15) is 11.6 Å². The van der Waals surface area contributed by atoms with E-state index in [9.17, 15) is 4.79 Å². The molecule has 0 amide bonds. The van der Waals surface area contributed by atoms with Gasteiger partial charge in [-0.1, -0.05) is 23.7 Å². The first-order chi connectivity index (χ1) is 12.6. The minimum atomic E-state index is -0.123. The lowest BCUT2D eigenvalue weighted by molar-refractivity contribution is 0.242. The molecule has 1 atom stereocenters. The molecule has 0 unspecified atom stereocenters. The number of fused-ring (bicyclic) bond motifs is 1. The van der Waals surface area contributed by atoms with Gasteiger partial charge in [-0.15, -0.1) is 0 Å². The number of hydrogen-bond donors (Lipinski definition) is 1. The standard InChI is InChI=1S/C20H20ClN3O2/c1-26-15-7-4-13(5-8-15)18-3-2-10-24(18)12-19-22-17-11-14(21)6-9-16(17)20(25)23-19/h4-9,11,18H,2-3,10,12H2,1H3,(H,22,23,25)/t18-/m0/s1. The third-order valence-electron chi connectivity index (χ3n) is 4.93. The number of benzene rings is 2. The molecule has 26 heavy (non-hydrogen) atoms.